The van der Waals surface area contributed by atoms with E-state index in [0.29, 0.717) is 0 Å². The van der Waals surface area contributed by atoms with Gasteiger partial charge in [0.2, 0.25) is 0 Å². The van der Waals surface area contributed by atoms with Gasteiger partial charge in [0.25, 0.3) is 0 Å². The molecule has 0 aliphatic rings. The fourth-order valence-corrected chi connectivity index (χ4v) is 11.2. The predicted octanol–water partition coefficient (Wildman–Crippen LogP) is 16.3. The zero-order chi connectivity index (χ0) is 38.2. The Bertz CT molecular complexity index is 3500. The van der Waals surface area contributed by atoms with Crippen LogP contribution in [0.3, 0.4) is 0 Å². The highest BCUT2D eigenvalue weighted by Crippen LogP contribution is 2.45. The van der Waals surface area contributed by atoms with Crippen LogP contribution in [0.5, 0.6) is 0 Å². The number of fused-ring (bicyclic) bond motifs is 9. The number of nitrogens with zero attached hydrogens (tertiary/aromatic N) is 2. The monoisotopic (exact) mass is 774 g/mol. The summed E-state index contributed by atoms with van der Waals surface area (Å²) in [6.07, 6.45) is 0. The number of aromatic nitrogens is 1. The zero-order valence-electron chi connectivity index (χ0n) is 31.3. The summed E-state index contributed by atoms with van der Waals surface area (Å²) in [5.41, 5.74) is 11.8. The van der Waals surface area contributed by atoms with Crippen LogP contribution in [0.15, 0.2) is 206 Å². The van der Waals surface area contributed by atoms with Crippen molar-refractivity contribution in [3.05, 3.63) is 206 Å². The summed E-state index contributed by atoms with van der Waals surface area (Å²) in [4.78, 5) is 2.38. The standard InChI is InChI=1S/C54H34N2S2/c1-3-13-35(14-4-1)37-25-29-43-42-17-7-10-20-49(42)56(50(43)31-37)41-33-46(54-48(34-41)45-19-9-12-22-52(45)58-54)36-23-26-39(27-24-36)55(38-15-5-2-6-16-38)40-28-30-53-47(32-40)44-18-8-11-21-51(44)57-53/h1-34H. The molecule has 0 spiro atoms. The van der Waals surface area contributed by atoms with Crippen molar-refractivity contribution in [2.75, 3.05) is 4.90 Å². The molecule has 272 valence electrons. The summed E-state index contributed by atoms with van der Waals surface area (Å²) in [5, 5.41) is 7.68. The molecule has 0 saturated carbocycles. The summed E-state index contributed by atoms with van der Waals surface area (Å²) >= 11 is 3.74. The molecule has 12 rings (SSSR count). The lowest BCUT2D eigenvalue weighted by Gasteiger charge is -2.26. The Morgan fingerprint density at radius 2 is 0.914 bits per heavy atom. The number of para-hydroxylation sites is 2. The molecule has 0 fully saturated rings. The Morgan fingerprint density at radius 3 is 1.71 bits per heavy atom. The van der Waals surface area contributed by atoms with E-state index in [-0.39, 0.29) is 0 Å². The fourth-order valence-electron chi connectivity index (χ4n) is 8.88. The quantitative estimate of drug-likeness (QED) is 0.163. The fraction of sp³-hybridized carbons (Fsp3) is 0. The molecule has 0 saturated heterocycles. The molecule has 0 N–H and O–H groups in total. The van der Waals surface area contributed by atoms with Crippen LogP contribution in [0.2, 0.25) is 0 Å². The summed E-state index contributed by atoms with van der Waals surface area (Å²) in [6.45, 7) is 0. The molecule has 12 aromatic rings. The lowest BCUT2D eigenvalue weighted by atomic mass is 10.0. The Labute approximate surface area is 343 Å². The average Bonchev–Trinajstić information content (AvgIpc) is 3.96. The van der Waals surface area contributed by atoms with E-state index in [0.717, 1.165) is 22.7 Å². The van der Waals surface area contributed by atoms with E-state index in [2.05, 4.69) is 216 Å². The first-order valence-corrected chi connectivity index (χ1v) is 21.3. The van der Waals surface area contributed by atoms with E-state index in [9.17, 15) is 0 Å². The normalized spacial score (nSPS) is 11.8. The van der Waals surface area contributed by atoms with E-state index in [1.165, 1.54) is 84.4 Å². The number of anilines is 3. The van der Waals surface area contributed by atoms with Crippen molar-refractivity contribution in [1.29, 1.82) is 0 Å². The third-order valence-electron chi connectivity index (χ3n) is 11.6. The van der Waals surface area contributed by atoms with E-state index in [1.54, 1.807) is 0 Å². The van der Waals surface area contributed by atoms with Crippen LogP contribution >= 0.6 is 22.7 Å². The molecule has 0 atom stereocenters. The van der Waals surface area contributed by atoms with Crippen molar-refractivity contribution in [1.82, 2.24) is 4.57 Å². The third kappa shape index (κ3) is 5.30. The van der Waals surface area contributed by atoms with Gasteiger partial charge >= 0.3 is 0 Å². The van der Waals surface area contributed by atoms with Gasteiger partial charge in [-0.25, -0.2) is 0 Å². The highest BCUT2D eigenvalue weighted by atomic mass is 32.1. The Morgan fingerprint density at radius 1 is 0.328 bits per heavy atom. The largest absolute Gasteiger partial charge is 0.310 e. The van der Waals surface area contributed by atoms with Gasteiger partial charge in [-0.05, 0) is 95.6 Å². The van der Waals surface area contributed by atoms with Gasteiger partial charge in [-0.15, -0.1) is 22.7 Å². The third-order valence-corrected chi connectivity index (χ3v) is 13.9. The van der Waals surface area contributed by atoms with Gasteiger partial charge in [0.1, 0.15) is 0 Å². The Kier molecular flexibility index (Phi) is 7.62. The number of hydrogen-bond acceptors (Lipinski definition) is 3. The maximum absolute atomic E-state index is 2.47. The predicted molar refractivity (Wildman–Crippen MR) is 252 cm³/mol. The molecule has 0 radical (unpaired) electrons. The van der Waals surface area contributed by atoms with Crippen LogP contribution in [0, 0.1) is 0 Å². The van der Waals surface area contributed by atoms with Crippen molar-refractivity contribution < 1.29 is 0 Å². The van der Waals surface area contributed by atoms with E-state index in [4.69, 9.17) is 0 Å². The molecule has 58 heavy (non-hydrogen) atoms. The van der Waals surface area contributed by atoms with E-state index < -0.39 is 0 Å². The van der Waals surface area contributed by atoms with Gasteiger partial charge in [0.15, 0.2) is 0 Å². The number of thiophene rings is 2. The van der Waals surface area contributed by atoms with Gasteiger partial charge in [-0.3, -0.25) is 0 Å². The first kappa shape index (κ1) is 33.2. The van der Waals surface area contributed by atoms with Gasteiger partial charge in [-0.2, -0.15) is 0 Å². The highest BCUT2D eigenvalue weighted by molar-refractivity contribution is 7.26. The first-order chi connectivity index (χ1) is 28.7. The second-order valence-electron chi connectivity index (χ2n) is 14.9. The van der Waals surface area contributed by atoms with Crippen LogP contribution in [-0.2, 0) is 0 Å². The lowest BCUT2D eigenvalue weighted by Crippen LogP contribution is -2.09. The number of hydrogen-bond donors (Lipinski definition) is 0. The molecule has 3 heterocycles. The van der Waals surface area contributed by atoms with E-state index in [1.807, 2.05) is 22.7 Å². The minimum atomic E-state index is 1.12. The van der Waals surface area contributed by atoms with Gasteiger partial charge in [-0.1, -0.05) is 127 Å². The lowest BCUT2D eigenvalue weighted by molar-refractivity contribution is 1.19. The SMILES string of the molecule is c1ccc(-c2ccc3c4ccccc4n(-c4cc(-c5ccc(N(c6ccccc6)c6ccc7sc8ccccc8c7c6)cc5)c5sc6ccccc6c5c4)c3c2)cc1. The van der Waals surface area contributed by atoms with Crippen LogP contribution in [-0.4, -0.2) is 4.57 Å². The summed E-state index contributed by atoms with van der Waals surface area (Å²) in [6, 6.07) is 75.7. The van der Waals surface area contributed by atoms with Crippen molar-refractivity contribution in [2.24, 2.45) is 0 Å². The molecule has 0 aliphatic carbocycles. The minimum absolute atomic E-state index is 1.12. The molecule has 2 nitrogen and oxygen atoms in total. The Hall–Kier alpha value is -6.98. The maximum atomic E-state index is 2.47. The molecule has 0 amide bonds. The van der Waals surface area contributed by atoms with Crippen LogP contribution in [0.1, 0.15) is 0 Å². The first-order valence-electron chi connectivity index (χ1n) is 19.7. The smallest absolute Gasteiger partial charge is 0.0547 e. The van der Waals surface area contributed by atoms with Crippen LogP contribution in [0.25, 0.3) is 90.1 Å². The molecule has 0 bridgehead atoms. The highest BCUT2D eigenvalue weighted by Gasteiger charge is 2.19. The molecule has 0 unspecified atom stereocenters. The molecular weight excluding hydrogens is 741 g/mol. The van der Waals surface area contributed by atoms with Crippen LogP contribution in [0.4, 0.5) is 17.1 Å². The summed E-state index contributed by atoms with van der Waals surface area (Å²) < 4.78 is 7.70. The van der Waals surface area contributed by atoms with Crippen molar-refractivity contribution in [3.8, 4) is 27.9 Å². The van der Waals surface area contributed by atoms with E-state index >= 15 is 0 Å². The molecule has 3 aromatic heterocycles. The van der Waals surface area contributed by atoms with Crippen LogP contribution < -0.4 is 4.90 Å². The molecule has 4 heteroatoms. The van der Waals surface area contributed by atoms with Crippen molar-refractivity contribution in [3.63, 3.8) is 0 Å². The topological polar surface area (TPSA) is 8.17 Å². The summed E-state index contributed by atoms with van der Waals surface area (Å²) in [7, 11) is 0. The zero-order valence-corrected chi connectivity index (χ0v) is 33.0. The summed E-state index contributed by atoms with van der Waals surface area (Å²) in [5.74, 6) is 0. The number of benzene rings is 9. The second kappa shape index (κ2) is 13.3. The van der Waals surface area contributed by atoms with Gasteiger partial charge in [0, 0.05) is 79.4 Å². The minimum Gasteiger partial charge on any atom is -0.310 e. The van der Waals surface area contributed by atoms with Crippen molar-refractivity contribution >= 4 is 102 Å². The van der Waals surface area contributed by atoms with Crippen molar-refractivity contribution in [2.45, 2.75) is 0 Å². The maximum Gasteiger partial charge on any atom is 0.0547 e. The molecule has 9 aromatic carbocycles. The number of rotatable bonds is 6. The molecule has 0 aliphatic heterocycles. The van der Waals surface area contributed by atoms with Gasteiger partial charge in [0.05, 0.1) is 11.0 Å². The van der Waals surface area contributed by atoms with Gasteiger partial charge < -0.3 is 9.47 Å². The molecular formula is C54H34N2S2. The average molecular weight is 775 g/mol. The second-order valence-corrected chi connectivity index (χ2v) is 17.1. The Balaban J connectivity index is 1.05.